The average molecular weight is 294 g/mol. The Morgan fingerprint density at radius 2 is 2.15 bits per heavy atom. The first kappa shape index (κ1) is 14.5. The molecule has 4 nitrogen and oxygen atoms in total. The van der Waals surface area contributed by atoms with Crippen LogP contribution in [0.15, 0.2) is 30.3 Å². The van der Waals surface area contributed by atoms with Gasteiger partial charge in [0.05, 0.1) is 4.92 Å². The van der Waals surface area contributed by atoms with Crippen LogP contribution in [0.1, 0.15) is 16.7 Å². The molecule has 0 aliphatic rings. The van der Waals surface area contributed by atoms with Gasteiger partial charge in [0.2, 0.25) is 0 Å². The summed E-state index contributed by atoms with van der Waals surface area (Å²) >= 11 is 1.69. The number of nitrogens with one attached hydrogen (secondary N) is 1. The summed E-state index contributed by atoms with van der Waals surface area (Å²) in [4.78, 5) is 12.8. The van der Waals surface area contributed by atoms with Gasteiger partial charge < -0.3 is 5.32 Å². The number of anilines is 1. The predicted octanol–water partition coefficient (Wildman–Crippen LogP) is 4.15. The summed E-state index contributed by atoms with van der Waals surface area (Å²) in [5.74, 6) is -0.489. The third-order valence-electron chi connectivity index (χ3n) is 2.86. The summed E-state index contributed by atoms with van der Waals surface area (Å²) in [5, 5.41) is 13.9. The number of nitro groups is 1. The fraction of sp³-hybridized carbons (Fsp3) is 0.286. The van der Waals surface area contributed by atoms with Gasteiger partial charge >= 0.3 is 0 Å². The van der Waals surface area contributed by atoms with Crippen LogP contribution in [0.4, 0.5) is 15.8 Å². The van der Waals surface area contributed by atoms with Crippen molar-refractivity contribution in [1.82, 2.24) is 0 Å². The zero-order valence-corrected chi connectivity index (χ0v) is 12.0. The van der Waals surface area contributed by atoms with Crippen LogP contribution in [-0.4, -0.2) is 11.0 Å². The summed E-state index contributed by atoms with van der Waals surface area (Å²) in [6, 6.07) is 7.49. The van der Waals surface area contributed by atoms with Crippen molar-refractivity contribution in [3.8, 4) is 0 Å². The maximum absolute atomic E-state index is 13.2. The Balaban J connectivity index is 2.12. The van der Waals surface area contributed by atoms with Crippen LogP contribution < -0.4 is 5.32 Å². The van der Waals surface area contributed by atoms with Gasteiger partial charge in [0, 0.05) is 34.3 Å². The smallest absolute Gasteiger partial charge is 0.292 e. The highest BCUT2D eigenvalue weighted by atomic mass is 32.1. The average Bonchev–Trinajstić information content (AvgIpc) is 2.74. The minimum atomic E-state index is -0.510. The number of halogens is 1. The highest BCUT2D eigenvalue weighted by Gasteiger charge is 2.16. The maximum atomic E-state index is 13.2. The van der Waals surface area contributed by atoms with Crippen molar-refractivity contribution in [2.24, 2.45) is 0 Å². The SMILES string of the molecule is Cc1ccc(CC(C)Nc2cc(F)ccc2[N+](=O)[O-])s1. The molecule has 0 aliphatic heterocycles. The summed E-state index contributed by atoms with van der Waals surface area (Å²) in [6.45, 7) is 3.95. The molecule has 0 aliphatic carbocycles. The number of thiophene rings is 1. The van der Waals surface area contributed by atoms with Crippen LogP contribution in [0.25, 0.3) is 0 Å². The van der Waals surface area contributed by atoms with E-state index in [0.29, 0.717) is 0 Å². The Bertz CT molecular complexity index is 627. The van der Waals surface area contributed by atoms with Gasteiger partial charge in [-0.2, -0.15) is 0 Å². The van der Waals surface area contributed by atoms with E-state index in [1.165, 1.54) is 15.8 Å². The van der Waals surface area contributed by atoms with E-state index < -0.39 is 10.7 Å². The molecule has 106 valence electrons. The van der Waals surface area contributed by atoms with Crippen molar-refractivity contribution >= 4 is 22.7 Å². The van der Waals surface area contributed by atoms with Crippen molar-refractivity contribution < 1.29 is 9.31 Å². The molecule has 0 amide bonds. The second-order valence-corrected chi connectivity index (χ2v) is 6.05. The first-order chi connectivity index (χ1) is 9.45. The van der Waals surface area contributed by atoms with Gasteiger partial charge in [-0.15, -0.1) is 11.3 Å². The van der Waals surface area contributed by atoms with Crippen molar-refractivity contribution in [3.63, 3.8) is 0 Å². The zero-order valence-electron chi connectivity index (χ0n) is 11.2. The number of aryl methyl sites for hydroxylation is 1. The molecule has 20 heavy (non-hydrogen) atoms. The van der Waals surface area contributed by atoms with Gasteiger partial charge in [-0.1, -0.05) is 0 Å². The van der Waals surface area contributed by atoms with E-state index >= 15 is 0 Å². The molecule has 1 N–H and O–H groups in total. The van der Waals surface area contributed by atoms with Gasteiger partial charge in [0.15, 0.2) is 0 Å². The van der Waals surface area contributed by atoms with Gasteiger partial charge in [0.25, 0.3) is 5.69 Å². The molecule has 0 saturated heterocycles. The van der Waals surface area contributed by atoms with Gasteiger partial charge in [-0.3, -0.25) is 10.1 Å². The molecule has 0 saturated carbocycles. The molecule has 1 unspecified atom stereocenters. The molecule has 1 aromatic carbocycles. The number of hydrogen-bond acceptors (Lipinski definition) is 4. The minimum Gasteiger partial charge on any atom is -0.377 e. The van der Waals surface area contributed by atoms with Gasteiger partial charge in [-0.05, 0) is 32.0 Å². The van der Waals surface area contributed by atoms with Crippen LogP contribution in [0.2, 0.25) is 0 Å². The van der Waals surface area contributed by atoms with E-state index in [1.54, 1.807) is 11.3 Å². The lowest BCUT2D eigenvalue weighted by atomic mass is 10.2. The fourth-order valence-corrected chi connectivity index (χ4v) is 3.02. The summed E-state index contributed by atoms with van der Waals surface area (Å²) in [6.07, 6.45) is 0.742. The van der Waals surface area contributed by atoms with Crippen molar-refractivity contribution in [2.75, 3.05) is 5.32 Å². The number of hydrogen-bond donors (Lipinski definition) is 1. The van der Waals surface area contributed by atoms with Crippen molar-refractivity contribution in [3.05, 3.63) is 56.0 Å². The standard InChI is InChI=1S/C14H15FN2O2S/c1-9(7-12-5-3-10(2)20-12)16-13-8-11(15)4-6-14(13)17(18)19/h3-6,8-9,16H,7H2,1-2H3. The highest BCUT2D eigenvalue weighted by Crippen LogP contribution is 2.26. The van der Waals surface area contributed by atoms with Crippen LogP contribution in [-0.2, 0) is 6.42 Å². The predicted molar refractivity (Wildman–Crippen MR) is 78.9 cm³/mol. The molecule has 0 radical (unpaired) electrons. The normalized spacial score (nSPS) is 12.2. The van der Waals surface area contributed by atoms with Crippen molar-refractivity contribution in [1.29, 1.82) is 0 Å². The number of nitro benzene ring substituents is 1. The molecule has 0 fully saturated rings. The molecule has 0 spiro atoms. The molecule has 1 aromatic heterocycles. The largest absolute Gasteiger partial charge is 0.377 e. The van der Waals surface area contributed by atoms with Crippen LogP contribution in [0.3, 0.4) is 0 Å². The van der Waals surface area contributed by atoms with Gasteiger partial charge in [-0.25, -0.2) is 4.39 Å². The number of nitrogens with zero attached hydrogens (tertiary/aromatic N) is 1. The second kappa shape index (κ2) is 6.00. The molecular formula is C14H15FN2O2S. The Labute approximate surface area is 120 Å². The maximum Gasteiger partial charge on any atom is 0.292 e. The first-order valence-corrected chi connectivity index (χ1v) is 7.03. The third-order valence-corrected chi connectivity index (χ3v) is 3.88. The van der Waals surface area contributed by atoms with E-state index in [-0.39, 0.29) is 17.4 Å². The summed E-state index contributed by atoms with van der Waals surface area (Å²) in [7, 11) is 0. The molecule has 6 heteroatoms. The Kier molecular flexibility index (Phi) is 4.34. The van der Waals surface area contributed by atoms with Crippen LogP contribution >= 0.6 is 11.3 Å². The van der Waals surface area contributed by atoms with E-state index in [0.717, 1.165) is 18.6 Å². The lowest BCUT2D eigenvalue weighted by Crippen LogP contribution is -2.18. The second-order valence-electron chi connectivity index (χ2n) is 4.68. The monoisotopic (exact) mass is 294 g/mol. The molecule has 1 atom stereocenters. The molecule has 0 bridgehead atoms. The Morgan fingerprint density at radius 3 is 2.75 bits per heavy atom. The van der Waals surface area contributed by atoms with Crippen molar-refractivity contribution in [2.45, 2.75) is 26.3 Å². The lowest BCUT2D eigenvalue weighted by molar-refractivity contribution is -0.384. The minimum absolute atomic E-state index is 0.0199. The topological polar surface area (TPSA) is 55.2 Å². The van der Waals surface area contributed by atoms with E-state index in [4.69, 9.17) is 0 Å². The molecular weight excluding hydrogens is 279 g/mol. The van der Waals surface area contributed by atoms with E-state index in [9.17, 15) is 14.5 Å². The van der Waals surface area contributed by atoms with E-state index in [1.807, 2.05) is 26.0 Å². The van der Waals surface area contributed by atoms with Gasteiger partial charge in [0.1, 0.15) is 11.5 Å². The Morgan fingerprint density at radius 1 is 1.40 bits per heavy atom. The lowest BCUT2D eigenvalue weighted by Gasteiger charge is -2.14. The quantitative estimate of drug-likeness (QED) is 0.666. The highest BCUT2D eigenvalue weighted by molar-refractivity contribution is 7.11. The molecule has 2 aromatic rings. The first-order valence-electron chi connectivity index (χ1n) is 6.21. The number of rotatable bonds is 5. The number of benzene rings is 1. The summed E-state index contributed by atoms with van der Waals surface area (Å²) < 4.78 is 13.2. The van der Waals surface area contributed by atoms with E-state index in [2.05, 4.69) is 5.32 Å². The zero-order chi connectivity index (χ0) is 14.7. The van der Waals surface area contributed by atoms with Crippen LogP contribution in [0.5, 0.6) is 0 Å². The van der Waals surface area contributed by atoms with Crippen LogP contribution in [0, 0.1) is 22.9 Å². The fourth-order valence-electron chi connectivity index (χ4n) is 2.00. The summed E-state index contributed by atoms with van der Waals surface area (Å²) in [5.41, 5.74) is 0.108. The third kappa shape index (κ3) is 3.54. The molecule has 1 heterocycles. The Hall–Kier alpha value is -1.95. The molecule has 2 rings (SSSR count).